The van der Waals surface area contributed by atoms with Gasteiger partial charge in [0.1, 0.15) is 18.4 Å². The third-order valence-electron chi connectivity index (χ3n) is 5.56. The molecule has 3 N–H and O–H groups in total. The maximum absolute atomic E-state index is 12.5. The van der Waals surface area contributed by atoms with Gasteiger partial charge in [0, 0.05) is 11.1 Å². The second kappa shape index (κ2) is 13.4. The van der Waals surface area contributed by atoms with E-state index in [1.54, 1.807) is 19.1 Å². The lowest BCUT2D eigenvalue weighted by atomic mass is 10.0. The first-order valence-electron chi connectivity index (χ1n) is 12.1. The van der Waals surface area contributed by atoms with Crippen LogP contribution in [0.2, 0.25) is 5.02 Å². The summed E-state index contributed by atoms with van der Waals surface area (Å²) in [6.07, 6.45) is 1.23. The monoisotopic (exact) mass is 539 g/mol. The van der Waals surface area contributed by atoms with Crippen LogP contribution in [0, 0.1) is 5.92 Å². The molecular formula is C28H30ClN3O6. The van der Waals surface area contributed by atoms with Crippen LogP contribution in [-0.4, -0.2) is 41.9 Å². The molecule has 3 aromatic rings. The smallest absolute Gasteiger partial charge is 0.408 e. The van der Waals surface area contributed by atoms with Crippen molar-refractivity contribution in [2.75, 3.05) is 6.61 Å². The van der Waals surface area contributed by atoms with Gasteiger partial charge >= 0.3 is 12.1 Å². The topological polar surface area (TPSA) is 126 Å². The van der Waals surface area contributed by atoms with E-state index in [4.69, 9.17) is 21.1 Å². The van der Waals surface area contributed by atoms with Gasteiger partial charge in [-0.05, 0) is 53.8 Å². The van der Waals surface area contributed by atoms with E-state index in [9.17, 15) is 19.5 Å². The van der Waals surface area contributed by atoms with Gasteiger partial charge in [-0.1, -0.05) is 61.8 Å². The van der Waals surface area contributed by atoms with Gasteiger partial charge in [-0.25, -0.2) is 15.0 Å². The SMILES string of the molecule is CCOC(=O)C(CC(C)C)NC(=O)OCc1ccc(/C=N/NC(=O)c2ccc(O)c(Cl)c2)c2ccccc12. The van der Waals surface area contributed by atoms with Crippen molar-refractivity contribution < 1.29 is 29.0 Å². The lowest BCUT2D eigenvalue weighted by molar-refractivity contribution is -0.146. The summed E-state index contributed by atoms with van der Waals surface area (Å²) in [5.41, 5.74) is 4.18. The van der Waals surface area contributed by atoms with Crippen molar-refractivity contribution in [3.05, 3.63) is 76.3 Å². The number of aromatic hydroxyl groups is 1. The second-order valence-corrected chi connectivity index (χ2v) is 9.29. The molecule has 3 aromatic carbocycles. The number of fused-ring (bicyclic) bond motifs is 1. The molecule has 0 saturated heterocycles. The van der Waals surface area contributed by atoms with Crippen molar-refractivity contribution in [3.63, 3.8) is 0 Å². The highest BCUT2D eigenvalue weighted by Crippen LogP contribution is 2.24. The standard InChI is InChI=1S/C28H30ClN3O6/c1-4-37-27(35)24(13-17(2)3)31-28(36)38-16-20-10-9-19(21-7-5-6-8-22(20)21)15-30-32-26(34)18-11-12-25(33)23(29)14-18/h5-12,14-15,17,24,33H,4,13,16H2,1-3H3,(H,31,36)(H,32,34)/b30-15+. The Hall–Kier alpha value is -4.11. The highest BCUT2D eigenvalue weighted by Gasteiger charge is 2.24. The molecule has 38 heavy (non-hydrogen) atoms. The van der Waals surface area contributed by atoms with Crippen molar-refractivity contribution in [1.29, 1.82) is 0 Å². The summed E-state index contributed by atoms with van der Waals surface area (Å²) < 4.78 is 10.5. The predicted octanol–water partition coefficient (Wildman–Crippen LogP) is 5.17. The van der Waals surface area contributed by atoms with E-state index in [1.165, 1.54) is 24.4 Å². The Bertz CT molecular complexity index is 1340. The molecule has 0 aliphatic heterocycles. The summed E-state index contributed by atoms with van der Waals surface area (Å²) in [7, 11) is 0. The van der Waals surface area contributed by atoms with Crippen LogP contribution < -0.4 is 10.7 Å². The number of esters is 1. The molecule has 0 saturated carbocycles. The average Bonchev–Trinajstić information content (AvgIpc) is 2.89. The molecule has 200 valence electrons. The highest BCUT2D eigenvalue weighted by molar-refractivity contribution is 6.32. The summed E-state index contributed by atoms with van der Waals surface area (Å²) in [4.78, 5) is 37.0. The Kier molecular flexibility index (Phi) is 10.1. The molecule has 0 radical (unpaired) electrons. The van der Waals surface area contributed by atoms with E-state index in [1.807, 2.05) is 38.1 Å². The Morgan fingerprint density at radius 3 is 2.47 bits per heavy atom. The van der Waals surface area contributed by atoms with Crippen LogP contribution in [0.25, 0.3) is 10.8 Å². The maximum Gasteiger partial charge on any atom is 0.408 e. The minimum atomic E-state index is -0.786. The van der Waals surface area contributed by atoms with Gasteiger partial charge in [0.05, 0.1) is 17.8 Å². The number of ether oxygens (including phenoxy) is 2. The number of nitrogens with one attached hydrogen (secondary N) is 2. The van der Waals surface area contributed by atoms with Gasteiger partial charge in [-0.3, -0.25) is 4.79 Å². The zero-order valence-electron chi connectivity index (χ0n) is 21.4. The van der Waals surface area contributed by atoms with Crippen LogP contribution in [0.5, 0.6) is 5.75 Å². The Morgan fingerprint density at radius 1 is 1.05 bits per heavy atom. The molecule has 3 rings (SSSR count). The van der Waals surface area contributed by atoms with Gasteiger partial charge in [0.25, 0.3) is 5.91 Å². The first-order valence-corrected chi connectivity index (χ1v) is 12.5. The van der Waals surface area contributed by atoms with Gasteiger partial charge in [-0.15, -0.1) is 0 Å². The van der Waals surface area contributed by atoms with Gasteiger partial charge in [-0.2, -0.15) is 5.10 Å². The molecule has 0 bridgehead atoms. The largest absolute Gasteiger partial charge is 0.506 e. The van der Waals surface area contributed by atoms with Crippen molar-refractivity contribution in [1.82, 2.24) is 10.7 Å². The summed E-state index contributed by atoms with van der Waals surface area (Å²) in [6.45, 7) is 5.82. The molecular weight excluding hydrogens is 510 g/mol. The number of hydrogen-bond acceptors (Lipinski definition) is 7. The van der Waals surface area contributed by atoms with Crippen molar-refractivity contribution in [2.45, 2.75) is 39.8 Å². The lowest BCUT2D eigenvalue weighted by Gasteiger charge is -2.19. The Labute approximate surface area is 225 Å². The molecule has 0 aromatic heterocycles. The molecule has 9 nitrogen and oxygen atoms in total. The number of hydrazone groups is 1. The molecule has 1 unspecified atom stereocenters. The molecule has 0 aliphatic rings. The van der Waals surface area contributed by atoms with Crippen LogP contribution in [0.1, 0.15) is 48.7 Å². The Morgan fingerprint density at radius 2 is 1.79 bits per heavy atom. The molecule has 0 heterocycles. The van der Waals surface area contributed by atoms with Crippen molar-refractivity contribution in [2.24, 2.45) is 11.0 Å². The molecule has 0 aliphatic carbocycles. The summed E-state index contributed by atoms with van der Waals surface area (Å²) in [6, 6.07) is 14.4. The van der Waals surface area contributed by atoms with E-state index in [2.05, 4.69) is 15.8 Å². The number of rotatable bonds is 10. The van der Waals surface area contributed by atoms with Crippen LogP contribution in [-0.2, 0) is 20.9 Å². The fourth-order valence-electron chi connectivity index (χ4n) is 3.75. The number of halogens is 1. The maximum atomic E-state index is 12.5. The quantitative estimate of drug-likeness (QED) is 0.185. The minimum Gasteiger partial charge on any atom is -0.506 e. The van der Waals surface area contributed by atoms with Crippen LogP contribution in [0.15, 0.2) is 59.7 Å². The third-order valence-corrected chi connectivity index (χ3v) is 5.86. The predicted molar refractivity (Wildman–Crippen MR) is 145 cm³/mol. The number of amides is 2. The fraction of sp³-hybridized carbons (Fsp3) is 0.286. The molecule has 1 atom stereocenters. The van der Waals surface area contributed by atoms with Crippen molar-refractivity contribution in [3.8, 4) is 5.75 Å². The highest BCUT2D eigenvalue weighted by atomic mass is 35.5. The number of phenols is 1. The first-order chi connectivity index (χ1) is 18.2. The lowest BCUT2D eigenvalue weighted by Crippen LogP contribution is -2.42. The number of carbonyl (C=O) groups excluding carboxylic acids is 3. The fourth-order valence-corrected chi connectivity index (χ4v) is 3.93. The number of nitrogens with zero attached hydrogens (tertiary/aromatic N) is 1. The Balaban J connectivity index is 1.69. The third kappa shape index (κ3) is 7.69. The minimum absolute atomic E-state index is 0.0145. The normalized spacial score (nSPS) is 11.9. The number of benzene rings is 3. The van der Waals surface area contributed by atoms with E-state index in [0.717, 1.165) is 21.9 Å². The second-order valence-electron chi connectivity index (χ2n) is 8.88. The van der Waals surface area contributed by atoms with Gasteiger partial charge < -0.3 is 19.9 Å². The van der Waals surface area contributed by atoms with Crippen molar-refractivity contribution >= 4 is 46.6 Å². The zero-order chi connectivity index (χ0) is 27.7. The van der Waals surface area contributed by atoms with E-state index in [0.29, 0.717) is 6.42 Å². The zero-order valence-corrected chi connectivity index (χ0v) is 22.1. The summed E-state index contributed by atoms with van der Waals surface area (Å²) in [5, 5.41) is 17.9. The number of alkyl carbamates (subject to hydrolysis) is 1. The molecule has 10 heteroatoms. The van der Waals surface area contributed by atoms with E-state index < -0.39 is 24.0 Å². The van der Waals surface area contributed by atoms with Crippen LogP contribution in [0.3, 0.4) is 0 Å². The number of hydrogen-bond donors (Lipinski definition) is 3. The number of phenolic OH excluding ortho intramolecular Hbond substituents is 1. The van der Waals surface area contributed by atoms with E-state index in [-0.39, 0.29) is 35.5 Å². The van der Waals surface area contributed by atoms with Gasteiger partial charge in [0.15, 0.2) is 0 Å². The summed E-state index contributed by atoms with van der Waals surface area (Å²) in [5.74, 6) is -0.921. The van der Waals surface area contributed by atoms with Crippen LogP contribution in [0.4, 0.5) is 4.79 Å². The van der Waals surface area contributed by atoms with E-state index >= 15 is 0 Å². The molecule has 2 amide bonds. The van der Waals surface area contributed by atoms with Crippen LogP contribution >= 0.6 is 11.6 Å². The average molecular weight is 540 g/mol. The molecule has 0 spiro atoms. The van der Waals surface area contributed by atoms with Gasteiger partial charge in [0.2, 0.25) is 0 Å². The number of carbonyl (C=O) groups is 3. The first kappa shape index (κ1) is 28.5. The molecule has 0 fully saturated rings. The summed E-state index contributed by atoms with van der Waals surface area (Å²) >= 11 is 5.86.